The summed E-state index contributed by atoms with van der Waals surface area (Å²) in [6, 6.07) is 3.95. The van der Waals surface area contributed by atoms with E-state index in [2.05, 4.69) is 20.8 Å². The topological polar surface area (TPSA) is 47.9 Å². The number of hydrogen-bond acceptors (Lipinski definition) is 4. The van der Waals surface area contributed by atoms with Crippen LogP contribution in [0.5, 0.6) is 17.2 Å². The maximum absolute atomic E-state index is 10.5. The van der Waals surface area contributed by atoms with Crippen LogP contribution in [0.1, 0.15) is 232 Å². The summed E-state index contributed by atoms with van der Waals surface area (Å²) in [5.41, 5.74) is 0.831. The van der Waals surface area contributed by atoms with Crippen molar-refractivity contribution in [3.63, 3.8) is 0 Å². The maximum atomic E-state index is 10.5. The molecule has 0 radical (unpaired) electrons. The molecule has 0 amide bonds. The van der Waals surface area contributed by atoms with Crippen LogP contribution in [0.4, 0.5) is 0 Å². The number of ether oxygens (including phenoxy) is 3. The lowest BCUT2D eigenvalue weighted by Crippen LogP contribution is -2.08. The first-order chi connectivity index (χ1) is 23.6. The molecule has 0 fully saturated rings. The van der Waals surface area contributed by atoms with Crippen LogP contribution in [0.2, 0.25) is 0 Å². The average Bonchev–Trinajstić information content (AvgIpc) is 3.08. The quantitative estimate of drug-likeness (QED) is 0.0714. The molecule has 4 nitrogen and oxygen atoms in total. The monoisotopic (exact) mass is 675 g/mol. The van der Waals surface area contributed by atoms with Crippen molar-refractivity contribution >= 4 is 0 Å². The summed E-state index contributed by atoms with van der Waals surface area (Å²) < 4.78 is 19.2. The highest BCUT2D eigenvalue weighted by Gasteiger charge is 2.18. The van der Waals surface area contributed by atoms with Crippen LogP contribution in [-0.2, 0) is 0 Å². The Morgan fingerprint density at radius 2 is 0.646 bits per heavy atom. The van der Waals surface area contributed by atoms with E-state index in [9.17, 15) is 5.11 Å². The van der Waals surface area contributed by atoms with Gasteiger partial charge >= 0.3 is 0 Å². The highest BCUT2D eigenvalue weighted by molar-refractivity contribution is 5.54. The molecule has 1 unspecified atom stereocenters. The number of rotatable bonds is 37. The van der Waals surface area contributed by atoms with Crippen LogP contribution < -0.4 is 14.2 Å². The molecule has 0 saturated heterocycles. The molecule has 1 N–H and O–H groups in total. The van der Waals surface area contributed by atoms with Gasteiger partial charge in [0.05, 0.1) is 25.9 Å². The zero-order valence-corrected chi connectivity index (χ0v) is 32.7. The fourth-order valence-corrected chi connectivity index (χ4v) is 6.50. The lowest BCUT2D eigenvalue weighted by molar-refractivity contribution is 0.195. The van der Waals surface area contributed by atoms with Crippen LogP contribution in [0.15, 0.2) is 12.1 Å². The molecule has 1 aromatic rings. The van der Waals surface area contributed by atoms with Gasteiger partial charge in [-0.1, -0.05) is 194 Å². The van der Waals surface area contributed by atoms with Gasteiger partial charge in [0.1, 0.15) is 0 Å². The minimum absolute atomic E-state index is 0.583. The lowest BCUT2D eigenvalue weighted by Gasteiger charge is -2.20. The lowest BCUT2D eigenvalue weighted by atomic mass is 10.1. The van der Waals surface area contributed by atoms with Crippen molar-refractivity contribution in [2.45, 2.75) is 226 Å². The molecule has 0 aliphatic heterocycles. The maximum Gasteiger partial charge on any atom is 0.203 e. The fourth-order valence-electron chi connectivity index (χ4n) is 6.50. The summed E-state index contributed by atoms with van der Waals surface area (Å²) >= 11 is 0. The van der Waals surface area contributed by atoms with Crippen LogP contribution >= 0.6 is 0 Å². The number of hydrogen-bond donors (Lipinski definition) is 1. The standard InChI is InChI=1S/C44H82O4/c1-5-8-11-14-17-20-23-26-29-32-35-46-42-38-41(40(4)45)39-43(47-36-33-30-27-24-21-18-15-12-9-6-2)44(42)48-37-34-31-28-25-22-19-16-13-10-7-3/h38-40,45H,5-37H2,1-4H3. The summed E-state index contributed by atoms with van der Waals surface area (Å²) in [7, 11) is 0. The molecule has 4 heteroatoms. The van der Waals surface area contributed by atoms with Gasteiger partial charge in [-0.05, 0) is 43.9 Å². The third kappa shape index (κ3) is 25.5. The fraction of sp³-hybridized carbons (Fsp3) is 0.864. The van der Waals surface area contributed by atoms with E-state index in [0.717, 1.165) is 42.1 Å². The third-order valence-electron chi connectivity index (χ3n) is 9.78. The summed E-state index contributed by atoms with van der Waals surface area (Å²) in [6.45, 7) is 10.7. The predicted molar refractivity (Wildman–Crippen MR) is 209 cm³/mol. The van der Waals surface area contributed by atoms with Gasteiger partial charge in [-0.3, -0.25) is 0 Å². The van der Waals surface area contributed by atoms with Crippen LogP contribution in [0.25, 0.3) is 0 Å². The number of aliphatic hydroxyl groups excluding tert-OH is 1. The van der Waals surface area contributed by atoms with Crippen LogP contribution in [-0.4, -0.2) is 24.9 Å². The van der Waals surface area contributed by atoms with Gasteiger partial charge in [-0.15, -0.1) is 0 Å². The zero-order valence-electron chi connectivity index (χ0n) is 32.7. The smallest absolute Gasteiger partial charge is 0.203 e. The van der Waals surface area contributed by atoms with Crippen LogP contribution in [0, 0.1) is 0 Å². The van der Waals surface area contributed by atoms with E-state index in [-0.39, 0.29) is 0 Å². The first-order valence-corrected chi connectivity index (χ1v) is 21.4. The van der Waals surface area contributed by atoms with E-state index >= 15 is 0 Å². The van der Waals surface area contributed by atoms with Gasteiger partial charge in [0, 0.05) is 0 Å². The Balaban J connectivity index is 2.61. The second-order valence-corrected chi connectivity index (χ2v) is 14.6. The minimum Gasteiger partial charge on any atom is -0.490 e. The zero-order chi connectivity index (χ0) is 34.8. The first kappa shape index (κ1) is 44.6. The average molecular weight is 675 g/mol. The molecule has 0 aliphatic rings. The molecule has 0 heterocycles. The first-order valence-electron chi connectivity index (χ1n) is 21.4. The van der Waals surface area contributed by atoms with E-state index in [0.29, 0.717) is 19.8 Å². The molecule has 0 aliphatic carbocycles. The predicted octanol–water partition coefficient (Wildman–Crippen LogP) is 14.6. The van der Waals surface area contributed by atoms with E-state index in [4.69, 9.17) is 14.2 Å². The third-order valence-corrected chi connectivity index (χ3v) is 9.78. The Hall–Kier alpha value is -1.42. The SMILES string of the molecule is CCCCCCCCCCCCOc1cc(C(C)O)cc(OCCCCCCCCCCCC)c1OCCCCCCCCCCCC. The Morgan fingerprint density at radius 3 is 0.917 bits per heavy atom. The van der Waals surface area contributed by atoms with Crippen molar-refractivity contribution in [1.82, 2.24) is 0 Å². The van der Waals surface area contributed by atoms with Crippen molar-refractivity contribution in [3.8, 4) is 17.2 Å². The molecule has 0 spiro atoms. The molecular formula is C44H82O4. The van der Waals surface area contributed by atoms with Gasteiger partial charge in [-0.2, -0.15) is 0 Å². The Kier molecular flexibility index (Phi) is 31.6. The summed E-state index contributed by atoms with van der Waals surface area (Å²) in [5, 5.41) is 10.5. The number of unbranched alkanes of at least 4 members (excludes halogenated alkanes) is 27. The number of benzene rings is 1. The van der Waals surface area contributed by atoms with E-state index in [1.165, 1.54) is 173 Å². The van der Waals surface area contributed by atoms with Crippen molar-refractivity contribution in [2.75, 3.05) is 19.8 Å². The second-order valence-electron chi connectivity index (χ2n) is 14.6. The highest BCUT2D eigenvalue weighted by atomic mass is 16.5. The summed E-state index contributed by atoms with van der Waals surface area (Å²) in [5.74, 6) is 2.19. The largest absolute Gasteiger partial charge is 0.490 e. The summed E-state index contributed by atoms with van der Waals surface area (Å²) in [4.78, 5) is 0. The van der Waals surface area contributed by atoms with E-state index in [1.807, 2.05) is 19.1 Å². The van der Waals surface area contributed by atoms with Crippen molar-refractivity contribution in [1.29, 1.82) is 0 Å². The summed E-state index contributed by atoms with van der Waals surface area (Å²) in [6.07, 6.45) is 38.6. The minimum atomic E-state index is -0.583. The highest BCUT2D eigenvalue weighted by Crippen LogP contribution is 2.41. The normalized spacial score (nSPS) is 12.0. The Bertz CT molecular complexity index is 760. The van der Waals surface area contributed by atoms with Gasteiger partial charge in [0.15, 0.2) is 11.5 Å². The molecule has 48 heavy (non-hydrogen) atoms. The van der Waals surface area contributed by atoms with E-state index < -0.39 is 6.10 Å². The number of aliphatic hydroxyl groups is 1. The van der Waals surface area contributed by atoms with Crippen molar-refractivity contribution in [3.05, 3.63) is 17.7 Å². The Labute approximate surface area is 299 Å². The molecule has 0 bridgehead atoms. The molecule has 0 aromatic heterocycles. The van der Waals surface area contributed by atoms with Crippen molar-refractivity contribution < 1.29 is 19.3 Å². The van der Waals surface area contributed by atoms with Gasteiger partial charge in [0.25, 0.3) is 0 Å². The van der Waals surface area contributed by atoms with Crippen molar-refractivity contribution in [2.24, 2.45) is 0 Å². The van der Waals surface area contributed by atoms with E-state index in [1.54, 1.807) is 0 Å². The Morgan fingerprint density at radius 1 is 0.396 bits per heavy atom. The molecule has 1 atom stereocenters. The second kappa shape index (κ2) is 34.0. The molecule has 282 valence electrons. The van der Waals surface area contributed by atoms with Gasteiger partial charge in [0.2, 0.25) is 5.75 Å². The van der Waals surface area contributed by atoms with Gasteiger partial charge < -0.3 is 19.3 Å². The molecule has 0 saturated carbocycles. The van der Waals surface area contributed by atoms with Crippen LogP contribution in [0.3, 0.4) is 0 Å². The molecule has 1 rings (SSSR count). The molecule has 1 aromatic carbocycles. The van der Waals surface area contributed by atoms with Gasteiger partial charge in [-0.25, -0.2) is 0 Å². The molecular weight excluding hydrogens is 592 g/mol.